The van der Waals surface area contributed by atoms with Crippen LogP contribution >= 0.6 is 0 Å². The summed E-state index contributed by atoms with van der Waals surface area (Å²) in [6.45, 7) is 4.33. The quantitative estimate of drug-likeness (QED) is 0.879. The summed E-state index contributed by atoms with van der Waals surface area (Å²) < 4.78 is 0. The first-order valence-corrected chi connectivity index (χ1v) is 7.65. The lowest BCUT2D eigenvalue weighted by molar-refractivity contribution is 0.304. The van der Waals surface area contributed by atoms with Crippen molar-refractivity contribution in [3.05, 3.63) is 0 Å². The molecule has 0 amide bonds. The Morgan fingerprint density at radius 2 is 1.65 bits per heavy atom. The van der Waals surface area contributed by atoms with Crippen LogP contribution in [0.2, 0.25) is 0 Å². The Morgan fingerprint density at radius 3 is 2.25 bits per heavy atom. The van der Waals surface area contributed by atoms with E-state index < -0.39 is 0 Å². The van der Waals surface area contributed by atoms with Crippen LogP contribution in [0.4, 0.5) is 17.8 Å². The van der Waals surface area contributed by atoms with Crippen molar-refractivity contribution in [2.45, 2.75) is 51.0 Å². The first-order chi connectivity index (χ1) is 9.68. The number of piperidine rings is 1. The van der Waals surface area contributed by atoms with Crippen molar-refractivity contribution >= 4 is 17.8 Å². The lowest BCUT2D eigenvalue weighted by atomic mass is 9.79. The van der Waals surface area contributed by atoms with Crippen LogP contribution in [-0.4, -0.2) is 40.6 Å². The van der Waals surface area contributed by atoms with Gasteiger partial charge in [0.1, 0.15) is 0 Å². The molecule has 2 N–H and O–H groups in total. The molecule has 1 saturated carbocycles. The molecule has 3 rings (SSSR count). The first kappa shape index (κ1) is 13.4. The molecule has 0 radical (unpaired) electrons. The highest BCUT2D eigenvalue weighted by atomic mass is 15.3. The van der Waals surface area contributed by atoms with Gasteiger partial charge in [0.15, 0.2) is 0 Å². The normalized spacial score (nSPS) is 21.2. The summed E-state index contributed by atoms with van der Waals surface area (Å²) in [5.74, 6) is 2.15. The molecule has 0 unspecified atom stereocenters. The molecule has 20 heavy (non-hydrogen) atoms. The Kier molecular flexibility index (Phi) is 3.63. The molecule has 1 aromatic rings. The summed E-state index contributed by atoms with van der Waals surface area (Å²) in [5, 5.41) is 6.52. The average molecular weight is 276 g/mol. The zero-order chi connectivity index (χ0) is 14.0. The van der Waals surface area contributed by atoms with E-state index in [4.69, 9.17) is 0 Å². The summed E-state index contributed by atoms with van der Waals surface area (Å²) in [4.78, 5) is 15.8. The van der Waals surface area contributed by atoms with Crippen molar-refractivity contribution in [3.8, 4) is 0 Å². The van der Waals surface area contributed by atoms with E-state index in [1.165, 1.54) is 38.5 Å². The maximum absolute atomic E-state index is 4.62. The summed E-state index contributed by atoms with van der Waals surface area (Å²) in [7, 11) is 1.85. The van der Waals surface area contributed by atoms with Gasteiger partial charge in [-0.1, -0.05) is 0 Å². The van der Waals surface area contributed by atoms with Crippen LogP contribution in [-0.2, 0) is 0 Å². The molecule has 0 bridgehead atoms. The van der Waals surface area contributed by atoms with E-state index in [9.17, 15) is 0 Å². The monoisotopic (exact) mass is 276 g/mol. The number of nitrogens with one attached hydrogen (secondary N) is 2. The lowest BCUT2D eigenvalue weighted by Crippen LogP contribution is -2.42. The van der Waals surface area contributed by atoms with Crippen molar-refractivity contribution in [3.63, 3.8) is 0 Å². The first-order valence-electron chi connectivity index (χ1n) is 7.65. The zero-order valence-corrected chi connectivity index (χ0v) is 12.4. The molecule has 1 saturated heterocycles. The minimum atomic E-state index is 0.158. The highest BCUT2D eigenvalue weighted by molar-refractivity contribution is 5.45. The van der Waals surface area contributed by atoms with Crippen LogP contribution in [0.3, 0.4) is 0 Å². The Labute approximate surface area is 120 Å². The Hall–Kier alpha value is -1.59. The van der Waals surface area contributed by atoms with Crippen LogP contribution in [0.15, 0.2) is 0 Å². The molecule has 110 valence electrons. The average Bonchev–Trinajstić information content (AvgIpc) is 2.46. The Bertz CT molecular complexity index is 465. The second-order valence-electron chi connectivity index (χ2n) is 6.12. The molecule has 6 nitrogen and oxygen atoms in total. The van der Waals surface area contributed by atoms with Crippen LogP contribution in [0.25, 0.3) is 0 Å². The minimum Gasteiger partial charge on any atom is -0.357 e. The maximum Gasteiger partial charge on any atom is 0.231 e. The summed E-state index contributed by atoms with van der Waals surface area (Å²) in [5.41, 5.74) is 0.158. The van der Waals surface area contributed by atoms with E-state index in [2.05, 4.69) is 37.4 Å². The van der Waals surface area contributed by atoms with Crippen LogP contribution in [0, 0.1) is 0 Å². The number of hydrogen-bond donors (Lipinski definition) is 2. The smallest absolute Gasteiger partial charge is 0.231 e. The molecule has 2 fully saturated rings. The number of rotatable bonds is 4. The second-order valence-corrected chi connectivity index (χ2v) is 6.12. The minimum absolute atomic E-state index is 0.158. The number of hydrogen-bond acceptors (Lipinski definition) is 6. The molecule has 2 aliphatic rings. The third-order valence-corrected chi connectivity index (χ3v) is 4.36. The summed E-state index contributed by atoms with van der Waals surface area (Å²) in [6, 6.07) is 0. The van der Waals surface area contributed by atoms with E-state index in [0.717, 1.165) is 19.0 Å². The number of aromatic nitrogens is 3. The van der Waals surface area contributed by atoms with Gasteiger partial charge in [-0.2, -0.15) is 15.0 Å². The second kappa shape index (κ2) is 5.42. The predicted octanol–water partition coefficient (Wildman–Crippen LogP) is 2.26. The van der Waals surface area contributed by atoms with Gasteiger partial charge < -0.3 is 15.5 Å². The molecule has 1 aromatic heterocycles. The van der Waals surface area contributed by atoms with Gasteiger partial charge in [0.2, 0.25) is 17.8 Å². The van der Waals surface area contributed by atoms with Crippen molar-refractivity contribution in [2.75, 3.05) is 35.7 Å². The van der Waals surface area contributed by atoms with Gasteiger partial charge in [-0.15, -0.1) is 0 Å². The van der Waals surface area contributed by atoms with E-state index in [0.29, 0.717) is 11.9 Å². The standard InChI is InChI=1S/C14H24N6/c1-14(7-6-8-14)19-12-16-11(15-2)17-13(18-12)20-9-4-3-5-10-20/h3-10H2,1-2H3,(H2,15,16,17,18,19). The van der Waals surface area contributed by atoms with Gasteiger partial charge in [-0.05, 0) is 45.4 Å². The van der Waals surface area contributed by atoms with Crippen molar-refractivity contribution < 1.29 is 0 Å². The van der Waals surface area contributed by atoms with Crippen LogP contribution < -0.4 is 15.5 Å². The Morgan fingerprint density at radius 1 is 0.950 bits per heavy atom. The molecule has 1 aliphatic carbocycles. The van der Waals surface area contributed by atoms with Gasteiger partial charge in [0.25, 0.3) is 0 Å². The SMILES string of the molecule is CNc1nc(NC2(C)CCC2)nc(N2CCCCC2)n1. The fraction of sp³-hybridized carbons (Fsp3) is 0.786. The van der Waals surface area contributed by atoms with E-state index in [1.807, 2.05) is 7.05 Å². The molecule has 6 heteroatoms. The van der Waals surface area contributed by atoms with Crippen LogP contribution in [0.1, 0.15) is 45.4 Å². The highest BCUT2D eigenvalue weighted by Crippen LogP contribution is 2.34. The fourth-order valence-corrected chi connectivity index (χ4v) is 2.87. The Balaban J connectivity index is 1.82. The van der Waals surface area contributed by atoms with E-state index in [1.54, 1.807) is 0 Å². The zero-order valence-electron chi connectivity index (χ0n) is 12.4. The topological polar surface area (TPSA) is 66.0 Å². The lowest BCUT2D eigenvalue weighted by Gasteiger charge is -2.39. The molecule has 0 aromatic carbocycles. The third-order valence-electron chi connectivity index (χ3n) is 4.36. The van der Waals surface area contributed by atoms with Gasteiger partial charge in [0.05, 0.1) is 0 Å². The van der Waals surface area contributed by atoms with Gasteiger partial charge in [0, 0.05) is 25.7 Å². The van der Waals surface area contributed by atoms with E-state index >= 15 is 0 Å². The van der Waals surface area contributed by atoms with Gasteiger partial charge in [-0.25, -0.2) is 0 Å². The molecule has 0 spiro atoms. The van der Waals surface area contributed by atoms with Crippen LogP contribution in [0.5, 0.6) is 0 Å². The molecule has 1 aliphatic heterocycles. The molecule has 0 atom stereocenters. The number of anilines is 3. The summed E-state index contributed by atoms with van der Waals surface area (Å²) >= 11 is 0. The highest BCUT2D eigenvalue weighted by Gasteiger charge is 2.32. The largest absolute Gasteiger partial charge is 0.357 e. The molecular formula is C14H24N6. The van der Waals surface area contributed by atoms with Gasteiger partial charge >= 0.3 is 0 Å². The summed E-state index contributed by atoms with van der Waals surface area (Å²) in [6.07, 6.45) is 7.41. The van der Waals surface area contributed by atoms with E-state index in [-0.39, 0.29) is 5.54 Å². The maximum atomic E-state index is 4.62. The van der Waals surface area contributed by atoms with Crippen molar-refractivity contribution in [1.82, 2.24) is 15.0 Å². The van der Waals surface area contributed by atoms with Crippen molar-refractivity contribution in [2.24, 2.45) is 0 Å². The predicted molar refractivity (Wildman–Crippen MR) is 81.3 cm³/mol. The fourth-order valence-electron chi connectivity index (χ4n) is 2.87. The number of nitrogens with zero attached hydrogens (tertiary/aromatic N) is 4. The molecule has 2 heterocycles. The third kappa shape index (κ3) is 2.78. The molecular weight excluding hydrogens is 252 g/mol. The van der Waals surface area contributed by atoms with Gasteiger partial charge in [-0.3, -0.25) is 0 Å². The van der Waals surface area contributed by atoms with Crippen molar-refractivity contribution in [1.29, 1.82) is 0 Å².